The van der Waals surface area contributed by atoms with Gasteiger partial charge in [-0.25, -0.2) is 0 Å². The number of nitro groups is 1. The van der Waals surface area contributed by atoms with Crippen LogP contribution in [-0.2, 0) is 6.42 Å². The number of aryl methyl sites for hydroxylation is 1. The van der Waals surface area contributed by atoms with E-state index in [2.05, 4.69) is 5.32 Å². The number of anilines is 1. The van der Waals surface area contributed by atoms with Crippen LogP contribution in [0.3, 0.4) is 0 Å². The standard InChI is InChI=1S/C17H14ClN3O3S/c18-13-8-7-12(10-15(13)21(23)24)16(22)19-17(25)20-9-3-5-11-4-1-2-6-14(11)20/h1-2,4,6-8,10H,3,5,9H2,(H,19,22,25). The number of hydrogen-bond donors (Lipinski definition) is 1. The molecule has 1 N–H and O–H groups in total. The first-order chi connectivity index (χ1) is 12.0. The predicted octanol–water partition coefficient (Wildman–Crippen LogP) is 3.72. The fraction of sp³-hybridized carbons (Fsp3) is 0.176. The first-order valence-corrected chi connectivity index (χ1v) is 8.40. The Morgan fingerprint density at radius 2 is 2.04 bits per heavy atom. The first-order valence-electron chi connectivity index (χ1n) is 7.62. The Bertz CT molecular complexity index is 872. The number of halogens is 1. The van der Waals surface area contributed by atoms with Crippen molar-refractivity contribution in [1.82, 2.24) is 5.32 Å². The maximum absolute atomic E-state index is 12.4. The van der Waals surface area contributed by atoms with Crippen molar-refractivity contribution < 1.29 is 9.72 Å². The lowest BCUT2D eigenvalue weighted by molar-refractivity contribution is -0.384. The topological polar surface area (TPSA) is 75.5 Å². The Morgan fingerprint density at radius 3 is 2.80 bits per heavy atom. The smallest absolute Gasteiger partial charge is 0.288 e. The number of nitrogens with zero attached hydrogens (tertiary/aromatic N) is 2. The number of nitro benzene ring substituents is 1. The first kappa shape index (κ1) is 17.3. The molecule has 1 amide bonds. The van der Waals surface area contributed by atoms with Crippen LogP contribution in [0.5, 0.6) is 0 Å². The van der Waals surface area contributed by atoms with Crippen LogP contribution in [0.4, 0.5) is 11.4 Å². The average Bonchev–Trinajstić information content (AvgIpc) is 2.61. The molecular formula is C17H14ClN3O3S. The second-order valence-corrected chi connectivity index (χ2v) is 6.36. The largest absolute Gasteiger partial charge is 0.318 e. The van der Waals surface area contributed by atoms with Crippen molar-refractivity contribution in [1.29, 1.82) is 0 Å². The summed E-state index contributed by atoms with van der Waals surface area (Å²) in [6.45, 7) is 0.705. The Kier molecular flexibility index (Phi) is 4.96. The predicted molar refractivity (Wildman–Crippen MR) is 100 cm³/mol. The summed E-state index contributed by atoms with van der Waals surface area (Å²) in [7, 11) is 0. The van der Waals surface area contributed by atoms with Gasteiger partial charge in [0.05, 0.1) is 4.92 Å². The van der Waals surface area contributed by atoms with Gasteiger partial charge in [-0.05, 0) is 48.8 Å². The number of benzene rings is 2. The van der Waals surface area contributed by atoms with Crippen LogP contribution in [0, 0.1) is 10.1 Å². The van der Waals surface area contributed by atoms with Gasteiger partial charge in [-0.1, -0.05) is 29.8 Å². The summed E-state index contributed by atoms with van der Waals surface area (Å²) >= 11 is 11.1. The number of thiocarbonyl (C=S) groups is 1. The van der Waals surface area contributed by atoms with Gasteiger partial charge in [0, 0.05) is 23.9 Å². The molecule has 25 heavy (non-hydrogen) atoms. The van der Waals surface area contributed by atoms with E-state index in [9.17, 15) is 14.9 Å². The van der Waals surface area contributed by atoms with E-state index in [4.69, 9.17) is 23.8 Å². The van der Waals surface area contributed by atoms with Crippen LogP contribution in [0.1, 0.15) is 22.3 Å². The monoisotopic (exact) mass is 375 g/mol. The van der Waals surface area contributed by atoms with Gasteiger partial charge >= 0.3 is 0 Å². The number of rotatable bonds is 2. The van der Waals surface area contributed by atoms with Gasteiger partial charge in [0.2, 0.25) is 0 Å². The third-order valence-corrected chi connectivity index (χ3v) is 4.62. The highest BCUT2D eigenvalue weighted by Gasteiger charge is 2.22. The number of nitrogens with one attached hydrogen (secondary N) is 1. The van der Waals surface area contributed by atoms with Crippen molar-refractivity contribution >= 4 is 46.2 Å². The maximum Gasteiger partial charge on any atom is 0.288 e. The van der Waals surface area contributed by atoms with Gasteiger partial charge < -0.3 is 4.90 Å². The molecule has 3 rings (SSSR count). The molecule has 0 spiro atoms. The molecule has 2 aromatic rings. The van der Waals surface area contributed by atoms with Gasteiger partial charge in [0.1, 0.15) is 5.02 Å². The maximum atomic E-state index is 12.4. The van der Waals surface area contributed by atoms with Gasteiger partial charge in [0.25, 0.3) is 11.6 Å². The third kappa shape index (κ3) is 3.62. The molecule has 8 heteroatoms. The quantitative estimate of drug-likeness (QED) is 0.492. The van der Waals surface area contributed by atoms with Crippen LogP contribution >= 0.6 is 23.8 Å². The Balaban J connectivity index is 1.79. The van der Waals surface area contributed by atoms with E-state index in [1.807, 2.05) is 29.2 Å². The molecule has 0 fully saturated rings. The molecule has 6 nitrogen and oxygen atoms in total. The Hall–Kier alpha value is -2.51. The molecule has 0 aliphatic carbocycles. The zero-order valence-electron chi connectivity index (χ0n) is 13.1. The summed E-state index contributed by atoms with van der Waals surface area (Å²) in [5.41, 5.74) is 1.96. The highest BCUT2D eigenvalue weighted by Crippen LogP contribution is 2.27. The molecule has 0 saturated carbocycles. The van der Waals surface area contributed by atoms with Gasteiger partial charge in [0.15, 0.2) is 5.11 Å². The zero-order valence-corrected chi connectivity index (χ0v) is 14.6. The lowest BCUT2D eigenvalue weighted by Gasteiger charge is -2.31. The lowest BCUT2D eigenvalue weighted by atomic mass is 10.0. The van der Waals surface area contributed by atoms with Crippen LogP contribution in [0.2, 0.25) is 5.02 Å². The third-order valence-electron chi connectivity index (χ3n) is 3.98. The van der Waals surface area contributed by atoms with E-state index in [-0.39, 0.29) is 21.4 Å². The van der Waals surface area contributed by atoms with Gasteiger partial charge in [-0.15, -0.1) is 0 Å². The molecule has 1 heterocycles. The van der Waals surface area contributed by atoms with Crippen LogP contribution < -0.4 is 10.2 Å². The van der Waals surface area contributed by atoms with Crippen molar-refractivity contribution in [3.8, 4) is 0 Å². The van der Waals surface area contributed by atoms with Gasteiger partial charge in [-0.2, -0.15) is 0 Å². The van der Waals surface area contributed by atoms with E-state index in [0.717, 1.165) is 24.6 Å². The fourth-order valence-electron chi connectivity index (χ4n) is 2.78. The molecule has 0 atom stereocenters. The molecule has 2 aromatic carbocycles. The summed E-state index contributed by atoms with van der Waals surface area (Å²) < 4.78 is 0. The Labute approximate surface area is 154 Å². The second-order valence-electron chi connectivity index (χ2n) is 5.57. The molecule has 1 aliphatic heterocycles. The van der Waals surface area contributed by atoms with Crippen molar-refractivity contribution in [3.63, 3.8) is 0 Å². The van der Waals surface area contributed by atoms with E-state index in [1.54, 1.807) is 0 Å². The minimum absolute atomic E-state index is 0.0194. The van der Waals surface area contributed by atoms with Gasteiger partial charge in [-0.3, -0.25) is 20.2 Å². The molecular weight excluding hydrogens is 362 g/mol. The molecule has 0 saturated heterocycles. The summed E-state index contributed by atoms with van der Waals surface area (Å²) in [6.07, 6.45) is 1.89. The number of fused-ring (bicyclic) bond motifs is 1. The summed E-state index contributed by atoms with van der Waals surface area (Å²) in [5, 5.41) is 13.9. The molecule has 0 unspecified atom stereocenters. The number of para-hydroxylation sites is 1. The summed E-state index contributed by atoms with van der Waals surface area (Å²) in [5.74, 6) is -0.507. The highest BCUT2D eigenvalue weighted by atomic mass is 35.5. The normalized spacial score (nSPS) is 13.1. The van der Waals surface area contributed by atoms with Crippen molar-refractivity contribution in [2.24, 2.45) is 0 Å². The Morgan fingerprint density at radius 1 is 1.28 bits per heavy atom. The van der Waals surface area contributed by atoms with E-state index in [1.165, 1.54) is 17.7 Å². The van der Waals surface area contributed by atoms with Crippen molar-refractivity contribution in [2.45, 2.75) is 12.8 Å². The number of hydrogen-bond acceptors (Lipinski definition) is 4. The molecule has 1 aliphatic rings. The number of amides is 1. The molecule has 0 radical (unpaired) electrons. The van der Waals surface area contributed by atoms with Crippen molar-refractivity contribution in [3.05, 3.63) is 68.7 Å². The zero-order chi connectivity index (χ0) is 18.0. The van der Waals surface area contributed by atoms with Crippen LogP contribution in [0.25, 0.3) is 0 Å². The molecule has 0 bridgehead atoms. The minimum Gasteiger partial charge on any atom is -0.318 e. The highest BCUT2D eigenvalue weighted by molar-refractivity contribution is 7.80. The SMILES string of the molecule is O=C(NC(=S)N1CCCc2ccccc21)c1ccc(Cl)c([N+](=O)[O-])c1. The molecule has 128 valence electrons. The summed E-state index contributed by atoms with van der Waals surface area (Å²) in [6, 6.07) is 11.8. The molecule has 0 aromatic heterocycles. The minimum atomic E-state index is -0.627. The number of carbonyl (C=O) groups is 1. The van der Waals surface area contributed by atoms with Crippen LogP contribution in [0.15, 0.2) is 42.5 Å². The van der Waals surface area contributed by atoms with E-state index in [0.29, 0.717) is 6.54 Å². The summed E-state index contributed by atoms with van der Waals surface area (Å²) in [4.78, 5) is 24.6. The second kappa shape index (κ2) is 7.16. The fourth-order valence-corrected chi connectivity index (χ4v) is 3.24. The average molecular weight is 376 g/mol. The van der Waals surface area contributed by atoms with E-state index >= 15 is 0 Å². The number of carbonyl (C=O) groups excluding carboxylic acids is 1. The van der Waals surface area contributed by atoms with Crippen molar-refractivity contribution in [2.75, 3.05) is 11.4 Å². The van der Waals surface area contributed by atoms with E-state index < -0.39 is 10.8 Å². The van der Waals surface area contributed by atoms with Crippen LogP contribution in [-0.4, -0.2) is 22.5 Å². The lowest BCUT2D eigenvalue weighted by Crippen LogP contribution is -2.45.